The predicted molar refractivity (Wildman–Crippen MR) is 98.7 cm³/mol. The Morgan fingerprint density at radius 1 is 1.04 bits per heavy atom. The van der Waals surface area contributed by atoms with E-state index in [1.54, 1.807) is 18.7 Å². The van der Waals surface area contributed by atoms with Gasteiger partial charge in [0.15, 0.2) is 11.8 Å². The number of aryl methyl sites for hydroxylation is 1. The van der Waals surface area contributed by atoms with Crippen LogP contribution in [0.5, 0.6) is 0 Å². The van der Waals surface area contributed by atoms with E-state index in [0.29, 0.717) is 11.7 Å². The molecule has 6 nitrogen and oxygen atoms in total. The minimum Gasteiger partial charge on any atom is -0.448 e. The SMILES string of the molecule is Cc1oc(-c2ccccc2)nc1C(=O)O[C@@H](C)C(=O)N(C(C)C)C(C)C. The van der Waals surface area contributed by atoms with Crippen molar-refractivity contribution in [2.75, 3.05) is 0 Å². The van der Waals surface area contributed by atoms with Gasteiger partial charge in [-0.2, -0.15) is 0 Å². The van der Waals surface area contributed by atoms with Crippen LogP contribution < -0.4 is 0 Å². The predicted octanol–water partition coefficient (Wildman–Crippen LogP) is 3.84. The van der Waals surface area contributed by atoms with Gasteiger partial charge in [-0.25, -0.2) is 9.78 Å². The van der Waals surface area contributed by atoms with E-state index in [0.717, 1.165) is 5.56 Å². The first kappa shape index (κ1) is 19.7. The van der Waals surface area contributed by atoms with Crippen LogP contribution in [-0.4, -0.2) is 39.9 Å². The summed E-state index contributed by atoms with van der Waals surface area (Å²) in [5.74, 6) is -0.187. The van der Waals surface area contributed by atoms with Crippen LogP contribution in [0.4, 0.5) is 0 Å². The Hall–Kier alpha value is -2.63. The van der Waals surface area contributed by atoms with Crippen molar-refractivity contribution in [3.05, 3.63) is 41.8 Å². The maximum atomic E-state index is 12.6. The Morgan fingerprint density at radius 3 is 2.15 bits per heavy atom. The molecule has 140 valence electrons. The molecule has 2 rings (SSSR count). The summed E-state index contributed by atoms with van der Waals surface area (Å²) in [7, 11) is 0. The van der Waals surface area contributed by atoms with Gasteiger partial charge in [0.1, 0.15) is 5.76 Å². The van der Waals surface area contributed by atoms with Gasteiger partial charge >= 0.3 is 5.97 Å². The molecule has 0 bridgehead atoms. The van der Waals surface area contributed by atoms with Gasteiger partial charge in [0.05, 0.1) is 0 Å². The molecule has 1 aromatic carbocycles. The summed E-state index contributed by atoms with van der Waals surface area (Å²) in [6, 6.07) is 9.33. The zero-order chi connectivity index (χ0) is 19.4. The second-order valence-electron chi connectivity index (χ2n) is 6.77. The first-order valence-corrected chi connectivity index (χ1v) is 8.78. The van der Waals surface area contributed by atoms with Crippen LogP contribution in [0.1, 0.15) is 50.9 Å². The molecule has 6 heteroatoms. The molecule has 0 saturated heterocycles. The molecule has 0 aliphatic carbocycles. The normalized spacial score (nSPS) is 12.3. The van der Waals surface area contributed by atoms with Crippen LogP contribution in [0, 0.1) is 6.92 Å². The molecular formula is C20H26N2O4. The van der Waals surface area contributed by atoms with Gasteiger partial charge in [-0.05, 0) is 53.7 Å². The number of ether oxygens (including phenoxy) is 1. The van der Waals surface area contributed by atoms with Gasteiger partial charge < -0.3 is 14.1 Å². The lowest BCUT2D eigenvalue weighted by molar-refractivity contribution is -0.143. The second kappa shape index (κ2) is 8.17. The molecule has 0 aliphatic rings. The van der Waals surface area contributed by atoms with Crippen molar-refractivity contribution in [3.8, 4) is 11.5 Å². The van der Waals surface area contributed by atoms with Crippen LogP contribution >= 0.6 is 0 Å². The maximum Gasteiger partial charge on any atom is 0.361 e. The van der Waals surface area contributed by atoms with Gasteiger partial charge in [0.25, 0.3) is 5.91 Å². The highest BCUT2D eigenvalue weighted by atomic mass is 16.5. The van der Waals surface area contributed by atoms with Gasteiger partial charge in [-0.15, -0.1) is 0 Å². The summed E-state index contributed by atoms with van der Waals surface area (Å²) in [6.07, 6.45) is -0.899. The molecule has 0 aliphatic heterocycles. The molecule has 0 spiro atoms. The Labute approximate surface area is 154 Å². The van der Waals surface area contributed by atoms with Crippen LogP contribution in [0.25, 0.3) is 11.5 Å². The lowest BCUT2D eigenvalue weighted by Gasteiger charge is -2.32. The molecule has 26 heavy (non-hydrogen) atoms. The molecule has 0 fully saturated rings. The van der Waals surface area contributed by atoms with Gasteiger partial charge in [0.2, 0.25) is 5.89 Å². The molecular weight excluding hydrogens is 332 g/mol. The van der Waals surface area contributed by atoms with Crippen molar-refractivity contribution in [2.24, 2.45) is 0 Å². The van der Waals surface area contributed by atoms with Crippen molar-refractivity contribution in [1.29, 1.82) is 0 Å². The highest BCUT2D eigenvalue weighted by Gasteiger charge is 2.29. The molecule has 1 aromatic heterocycles. The quantitative estimate of drug-likeness (QED) is 0.734. The molecule has 1 heterocycles. The summed E-state index contributed by atoms with van der Waals surface area (Å²) in [5, 5.41) is 0. The molecule has 0 N–H and O–H groups in total. The summed E-state index contributed by atoms with van der Waals surface area (Å²) >= 11 is 0. The summed E-state index contributed by atoms with van der Waals surface area (Å²) in [4.78, 5) is 31.0. The highest BCUT2D eigenvalue weighted by molar-refractivity contribution is 5.92. The number of rotatable bonds is 6. The number of amides is 1. The first-order chi connectivity index (χ1) is 12.2. The topological polar surface area (TPSA) is 72.6 Å². The maximum absolute atomic E-state index is 12.6. The molecule has 1 atom stereocenters. The Bertz CT molecular complexity index is 757. The minimum absolute atomic E-state index is 0.0159. The van der Waals surface area contributed by atoms with E-state index >= 15 is 0 Å². The van der Waals surface area contributed by atoms with Crippen molar-refractivity contribution in [3.63, 3.8) is 0 Å². The zero-order valence-corrected chi connectivity index (χ0v) is 16.1. The third-order valence-corrected chi connectivity index (χ3v) is 4.01. The third-order valence-electron chi connectivity index (χ3n) is 4.01. The fourth-order valence-corrected chi connectivity index (χ4v) is 2.87. The monoisotopic (exact) mass is 358 g/mol. The molecule has 0 saturated carbocycles. The van der Waals surface area contributed by atoms with E-state index in [2.05, 4.69) is 4.98 Å². The number of aromatic nitrogens is 1. The number of benzene rings is 1. The van der Waals surface area contributed by atoms with E-state index in [1.807, 2.05) is 58.0 Å². The zero-order valence-electron chi connectivity index (χ0n) is 16.1. The molecule has 2 aromatic rings. The Morgan fingerprint density at radius 2 is 1.62 bits per heavy atom. The van der Waals surface area contributed by atoms with Crippen molar-refractivity contribution in [2.45, 2.75) is 59.7 Å². The average molecular weight is 358 g/mol. The fourth-order valence-electron chi connectivity index (χ4n) is 2.87. The summed E-state index contributed by atoms with van der Waals surface area (Å²) < 4.78 is 10.9. The van der Waals surface area contributed by atoms with Gasteiger partial charge in [-0.1, -0.05) is 18.2 Å². The number of carbonyl (C=O) groups excluding carboxylic acids is 2. The van der Waals surface area contributed by atoms with Crippen LogP contribution in [0.2, 0.25) is 0 Å². The number of nitrogens with zero attached hydrogens (tertiary/aromatic N) is 2. The average Bonchev–Trinajstić information content (AvgIpc) is 2.96. The largest absolute Gasteiger partial charge is 0.448 e. The summed E-state index contributed by atoms with van der Waals surface area (Å²) in [6.45, 7) is 10.9. The number of oxazole rings is 1. The lowest BCUT2D eigenvalue weighted by atomic mass is 10.2. The highest BCUT2D eigenvalue weighted by Crippen LogP contribution is 2.22. The second-order valence-corrected chi connectivity index (χ2v) is 6.77. The van der Waals surface area contributed by atoms with Gasteiger partial charge in [-0.3, -0.25) is 4.79 Å². The number of hydrogen-bond donors (Lipinski definition) is 0. The van der Waals surface area contributed by atoms with E-state index < -0.39 is 12.1 Å². The third kappa shape index (κ3) is 4.31. The summed E-state index contributed by atoms with van der Waals surface area (Å²) in [5.41, 5.74) is 0.855. The standard InChI is InChI=1S/C20H26N2O4/c1-12(2)22(13(3)4)19(23)15(6)26-20(24)17-14(5)25-18(21-17)16-10-8-7-9-11-16/h7-13,15H,1-6H3/t15-/m0/s1. The number of hydrogen-bond acceptors (Lipinski definition) is 5. The number of esters is 1. The number of carbonyl (C=O) groups is 2. The van der Waals surface area contributed by atoms with Crippen LogP contribution in [-0.2, 0) is 9.53 Å². The smallest absolute Gasteiger partial charge is 0.361 e. The molecule has 0 unspecified atom stereocenters. The van der Waals surface area contributed by atoms with E-state index in [9.17, 15) is 9.59 Å². The van der Waals surface area contributed by atoms with Crippen molar-refractivity contribution >= 4 is 11.9 Å². The van der Waals surface area contributed by atoms with Crippen LogP contribution in [0.15, 0.2) is 34.7 Å². The molecule has 1 amide bonds. The fraction of sp³-hybridized carbons (Fsp3) is 0.450. The van der Waals surface area contributed by atoms with Crippen molar-refractivity contribution in [1.82, 2.24) is 9.88 Å². The first-order valence-electron chi connectivity index (χ1n) is 8.78. The van der Waals surface area contributed by atoms with E-state index in [-0.39, 0.29) is 23.7 Å². The van der Waals surface area contributed by atoms with Gasteiger partial charge in [0, 0.05) is 17.6 Å². The lowest BCUT2D eigenvalue weighted by Crippen LogP contribution is -2.47. The van der Waals surface area contributed by atoms with Crippen molar-refractivity contribution < 1.29 is 18.7 Å². The van der Waals surface area contributed by atoms with E-state index in [1.165, 1.54) is 0 Å². The van der Waals surface area contributed by atoms with Crippen LogP contribution in [0.3, 0.4) is 0 Å². The Kier molecular flexibility index (Phi) is 6.18. The Balaban J connectivity index is 2.15. The minimum atomic E-state index is -0.899. The van der Waals surface area contributed by atoms with E-state index in [4.69, 9.17) is 9.15 Å². The molecule has 0 radical (unpaired) electrons.